The van der Waals surface area contributed by atoms with Gasteiger partial charge in [-0.2, -0.15) is 0 Å². The molecule has 2 atom stereocenters. The average molecular weight is 287 g/mol. The number of piperidine rings is 1. The molecule has 1 aromatic rings. The third-order valence-electron chi connectivity index (χ3n) is 5.08. The summed E-state index contributed by atoms with van der Waals surface area (Å²) in [4.78, 5) is 14.4. The van der Waals surface area contributed by atoms with Crippen LogP contribution in [0.15, 0.2) is 30.3 Å². The Morgan fingerprint density at radius 2 is 1.81 bits per heavy atom. The third kappa shape index (κ3) is 3.46. The normalized spacial score (nSPS) is 28.4. The first-order valence-electron chi connectivity index (χ1n) is 8.24. The predicted molar refractivity (Wildman–Crippen MR) is 82.8 cm³/mol. The van der Waals surface area contributed by atoms with Gasteiger partial charge in [0.05, 0.1) is 6.10 Å². The molecule has 1 aliphatic heterocycles. The smallest absolute Gasteiger partial charge is 0.222 e. The van der Waals surface area contributed by atoms with Gasteiger partial charge in [-0.15, -0.1) is 0 Å². The minimum atomic E-state index is -0.174. The summed E-state index contributed by atoms with van der Waals surface area (Å²) < 4.78 is 0. The third-order valence-corrected chi connectivity index (χ3v) is 5.08. The Morgan fingerprint density at radius 3 is 2.48 bits per heavy atom. The van der Waals surface area contributed by atoms with E-state index in [-0.39, 0.29) is 12.0 Å². The summed E-state index contributed by atoms with van der Waals surface area (Å²) >= 11 is 0. The number of aliphatic hydroxyl groups excluding tert-OH is 1. The minimum absolute atomic E-state index is 0.174. The van der Waals surface area contributed by atoms with Gasteiger partial charge in [0.15, 0.2) is 0 Å². The van der Waals surface area contributed by atoms with Crippen molar-refractivity contribution in [2.75, 3.05) is 13.1 Å². The van der Waals surface area contributed by atoms with Crippen LogP contribution in [0.3, 0.4) is 0 Å². The highest BCUT2D eigenvalue weighted by molar-refractivity contribution is 5.76. The summed E-state index contributed by atoms with van der Waals surface area (Å²) in [6.45, 7) is 1.53. The number of fused-ring (bicyclic) bond motifs is 2. The van der Waals surface area contributed by atoms with Crippen LogP contribution < -0.4 is 0 Å². The molecule has 2 fully saturated rings. The van der Waals surface area contributed by atoms with Crippen molar-refractivity contribution in [3.63, 3.8) is 0 Å². The molecule has 0 aromatic heterocycles. The fourth-order valence-corrected chi connectivity index (χ4v) is 3.86. The van der Waals surface area contributed by atoms with E-state index in [1.165, 1.54) is 12.0 Å². The molecule has 2 aliphatic rings. The van der Waals surface area contributed by atoms with Crippen molar-refractivity contribution in [2.45, 2.75) is 44.6 Å². The second kappa shape index (κ2) is 6.61. The Hall–Kier alpha value is -1.35. The van der Waals surface area contributed by atoms with Crippen LogP contribution in [0.25, 0.3) is 0 Å². The number of nitrogens with zero attached hydrogens (tertiary/aromatic N) is 1. The maximum atomic E-state index is 12.4. The van der Waals surface area contributed by atoms with Gasteiger partial charge < -0.3 is 10.0 Å². The van der Waals surface area contributed by atoms with E-state index in [9.17, 15) is 9.90 Å². The Balaban J connectivity index is 1.47. The quantitative estimate of drug-likeness (QED) is 0.925. The van der Waals surface area contributed by atoms with Gasteiger partial charge in [-0.3, -0.25) is 4.79 Å². The van der Waals surface area contributed by atoms with Crippen LogP contribution >= 0.6 is 0 Å². The first-order valence-corrected chi connectivity index (χ1v) is 8.24. The number of aliphatic hydroxyl groups is 1. The van der Waals surface area contributed by atoms with Gasteiger partial charge in [0.2, 0.25) is 5.91 Å². The van der Waals surface area contributed by atoms with Gasteiger partial charge in [0.25, 0.3) is 0 Å². The van der Waals surface area contributed by atoms with Crippen LogP contribution in [0.4, 0.5) is 0 Å². The van der Waals surface area contributed by atoms with Gasteiger partial charge in [0, 0.05) is 31.3 Å². The number of carbonyl (C=O) groups excluding carboxylic acids is 1. The molecule has 1 heterocycles. The fraction of sp³-hybridized carbons (Fsp3) is 0.611. The highest BCUT2D eigenvalue weighted by Crippen LogP contribution is 2.35. The fourth-order valence-electron chi connectivity index (χ4n) is 3.86. The van der Waals surface area contributed by atoms with E-state index in [0.29, 0.717) is 18.3 Å². The molecular formula is C18H25NO2. The van der Waals surface area contributed by atoms with Crippen molar-refractivity contribution in [3.05, 3.63) is 35.9 Å². The molecule has 1 saturated heterocycles. The second-order valence-electron chi connectivity index (χ2n) is 6.58. The summed E-state index contributed by atoms with van der Waals surface area (Å²) in [6, 6.07) is 10.3. The van der Waals surface area contributed by atoms with Crippen molar-refractivity contribution in [2.24, 2.45) is 11.8 Å². The van der Waals surface area contributed by atoms with Crippen LogP contribution in [-0.2, 0) is 11.2 Å². The SMILES string of the molecule is O=C(CCCc1ccccc1)N1CC2CCCC(C1)C2O. The van der Waals surface area contributed by atoms with Crippen LogP contribution in [0.5, 0.6) is 0 Å². The standard InChI is InChI=1S/C18H25NO2/c20-17(11-4-8-14-6-2-1-3-7-14)19-12-15-9-5-10-16(13-19)18(15)21/h1-3,6-7,15-16,18,21H,4-5,8-13H2. The highest BCUT2D eigenvalue weighted by atomic mass is 16.3. The molecule has 3 heteroatoms. The van der Waals surface area contributed by atoms with E-state index in [2.05, 4.69) is 12.1 Å². The van der Waals surface area contributed by atoms with E-state index in [0.717, 1.165) is 38.8 Å². The summed E-state index contributed by atoms with van der Waals surface area (Å²) in [5.41, 5.74) is 1.30. The number of likely N-dealkylation sites (tertiary alicyclic amines) is 1. The monoisotopic (exact) mass is 287 g/mol. The van der Waals surface area contributed by atoms with Crippen LogP contribution in [0.1, 0.15) is 37.7 Å². The first-order chi connectivity index (χ1) is 10.2. The summed E-state index contributed by atoms with van der Waals surface area (Å²) in [7, 11) is 0. The van der Waals surface area contributed by atoms with Crippen molar-refractivity contribution in [1.29, 1.82) is 0 Å². The van der Waals surface area contributed by atoms with E-state index < -0.39 is 0 Å². The molecule has 0 spiro atoms. The number of amides is 1. The maximum absolute atomic E-state index is 12.4. The van der Waals surface area contributed by atoms with Gasteiger partial charge >= 0.3 is 0 Å². The summed E-state index contributed by atoms with van der Waals surface area (Å²) in [5.74, 6) is 0.904. The van der Waals surface area contributed by atoms with Crippen molar-refractivity contribution >= 4 is 5.91 Å². The largest absolute Gasteiger partial charge is 0.392 e. The second-order valence-corrected chi connectivity index (χ2v) is 6.58. The maximum Gasteiger partial charge on any atom is 0.222 e. The van der Waals surface area contributed by atoms with Crippen LogP contribution in [-0.4, -0.2) is 35.1 Å². The van der Waals surface area contributed by atoms with Crippen LogP contribution in [0, 0.1) is 11.8 Å². The molecule has 3 nitrogen and oxygen atoms in total. The lowest BCUT2D eigenvalue weighted by atomic mass is 9.75. The summed E-state index contributed by atoms with van der Waals surface area (Å²) in [6.07, 6.45) is 5.70. The molecule has 1 aromatic carbocycles. The zero-order chi connectivity index (χ0) is 14.7. The molecule has 1 N–H and O–H groups in total. The Labute approximate surface area is 127 Å². The number of carbonyl (C=O) groups is 1. The van der Waals surface area contributed by atoms with E-state index >= 15 is 0 Å². The van der Waals surface area contributed by atoms with Gasteiger partial charge in [-0.1, -0.05) is 36.8 Å². The number of rotatable bonds is 4. The zero-order valence-electron chi connectivity index (χ0n) is 12.6. The average Bonchev–Trinajstić information content (AvgIpc) is 2.48. The summed E-state index contributed by atoms with van der Waals surface area (Å²) in [5, 5.41) is 10.2. The molecule has 114 valence electrons. The molecule has 0 radical (unpaired) electrons. The van der Waals surface area contributed by atoms with E-state index in [1.54, 1.807) is 0 Å². The Kier molecular flexibility index (Phi) is 4.59. The number of hydrogen-bond donors (Lipinski definition) is 1. The number of hydrogen-bond acceptors (Lipinski definition) is 2. The zero-order valence-corrected chi connectivity index (χ0v) is 12.6. The molecule has 2 bridgehead atoms. The Bertz CT molecular complexity index is 459. The van der Waals surface area contributed by atoms with Gasteiger partial charge in [-0.25, -0.2) is 0 Å². The molecule has 1 amide bonds. The van der Waals surface area contributed by atoms with E-state index in [4.69, 9.17) is 0 Å². The molecular weight excluding hydrogens is 262 g/mol. The number of benzene rings is 1. The molecule has 21 heavy (non-hydrogen) atoms. The lowest BCUT2D eigenvalue weighted by Crippen LogP contribution is -2.53. The Morgan fingerprint density at radius 1 is 1.14 bits per heavy atom. The molecule has 1 saturated carbocycles. The van der Waals surface area contributed by atoms with Crippen molar-refractivity contribution in [3.8, 4) is 0 Å². The minimum Gasteiger partial charge on any atom is -0.392 e. The topological polar surface area (TPSA) is 40.5 Å². The molecule has 3 rings (SSSR count). The number of aryl methyl sites for hydroxylation is 1. The van der Waals surface area contributed by atoms with E-state index in [1.807, 2.05) is 23.1 Å². The molecule has 1 aliphatic carbocycles. The first kappa shape index (κ1) is 14.6. The lowest BCUT2D eigenvalue weighted by Gasteiger charge is -2.45. The highest BCUT2D eigenvalue weighted by Gasteiger charge is 2.39. The van der Waals surface area contributed by atoms with Crippen molar-refractivity contribution in [1.82, 2.24) is 4.90 Å². The predicted octanol–water partition coefficient (Wildman–Crippen LogP) is 2.63. The van der Waals surface area contributed by atoms with Gasteiger partial charge in [-0.05, 0) is 31.2 Å². The molecule has 2 unspecified atom stereocenters. The van der Waals surface area contributed by atoms with Gasteiger partial charge in [0.1, 0.15) is 0 Å². The lowest BCUT2D eigenvalue weighted by molar-refractivity contribution is -0.139. The van der Waals surface area contributed by atoms with Crippen molar-refractivity contribution < 1.29 is 9.90 Å². The van der Waals surface area contributed by atoms with Crippen LogP contribution in [0.2, 0.25) is 0 Å².